The Morgan fingerprint density at radius 1 is 1.43 bits per heavy atom. The van der Waals surface area contributed by atoms with Gasteiger partial charge in [-0.05, 0) is 38.0 Å². The maximum absolute atomic E-state index is 12.3. The monoisotopic (exact) mass is 310 g/mol. The zero-order valence-corrected chi connectivity index (χ0v) is 12.6. The Balaban J connectivity index is 2.17. The SMILES string of the molecule is CC1(C(=O)O)CCCCC1NC(=O)c1ccc(N)c(Cl)c1. The number of amides is 1. The van der Waals surface area contributed by atoms with Gasteiger partial charge >= 0.3 is 5.97 Å². The maximum atomic E-state index is 12.3. The lowest BCUT2D eigenvalue weighted by atomic mass is 9.71. The summed E-state index contributed by atoms with van der Waals surface area (Å²) < 4.78 is 0. The predicted molar refractivity (Wildman–Crippen MR) is 81.3 cm³/mol. The number of nitrogens with one attached hydrogen (secondary N) is 1. The summed E-state index contributed by atoms with van der Waals surface area (Å²) in [5.41, 5.74) is 5.48. The molecule has 2 unspecified atom stereocenters. The largest absolute Gasteiger partial charge is 0.481 e. The second kappa shape index (κ2) is 5.93. The first-order valence-corrected chi connectivity index (χ1v) is 7.31. The van der Waals surface area contributed by atoms with Gasteiger partial charge in [0, 0.05) is 11.6 Å². The van der Waals surface area contributed by atoms with Crippen LogP contribution in [0, 0.1) is 5.41 Å². The Bertz CT molecular complexity index is 576. The van der Waals surface area contributed by atoms with E-state index in [1.807, 2.05) is 0 Å². The summed E-state index contributed by atoms with van der Waals surface area (Å²) in [5, 5.41) is 12.6. The summed E-state index contributed by atoms with van der Waals surface area (Å²) in [6, 6.07) is 4.26. The third kappa shape index (κ3) is 3.13. The van der Waals surface area contributed by atoms with Gasteiger partial charge in [-0.15, -0.1) is 0 Å². The zero-order valence-electron chi connectivity index (χ0n) is 11.9. The van der Waals surface area contributed by atoms with Crippen LogP contribution in [0.5, 0.6) is 0 Å². The number of aliphatic carboxylic acids is 1. The first-order chi connectivity index (χ1) is 9.84. The molecule has 1 saturated carbocycles. The van der Waals surface area contributed by atoms with E-state index >= 15 is 0 Å². The lowest BCUT2D eigenvalue weighted by molar-refractivity contribution is -0.151. The molecule has 1 aliphatic rings. The number of nitrogen functional groups attached to an aromatic ring is 1. The number of carboxylic acid groups (broad SMARTS) is 1. The molecule has 0 radical (unpaired) electrons. The van der Waals surface area contributed by atoms with E-state index in [1.165, 1.54) is 6.07 Å². The quantitative estimate of drug-likeness (QED) is 0.748. The van der Waals surface area contributed by atoms with Crippen LogP contribution in [-0.2, 0) is 4.79 Å². The number of nitrogens with two attached hydrogens (primary N) is 1. The number of carbonyl (C=O) groups excluding carboxylic acids is 1. The highest BCUT2D eigenvalue weighted by molar-refractivity contribution is 6.33. The molecule has 1 fully saturated rings. The van der Waals surface area contributed by atoms with Crippen molar-refractivity contribution in [1.82, 2.24) is 5.32 Å². The number of rotatable bonds is 3. The summed E-state index contributed by atoms with van der Waals surface area (Å²) in [4.78, 5) is 23.8. The highest BCUT2D eigenvalue weighted by Gasteiger charge is 2.43. The Morgan fingerprint density at radius 3 is 2.76 bits per heavy atom. The normalized spacial score (nSPS) is 25.3. The summed E-state index contributed by atoms with van der Waals surface area (Å²) in [7, 11) is 0. The standard InChI is InChI=1S/C15H19ClN2O3/c1-15(14(20)21)7-3-2-4-12(15)18-13(19)9-5-6-11(17)10(16)8-9/h5-6,8,12H,2-4,7,17H2,1H3,(H,18,19)(H,20,21). The third-order valence-corrected chi connectivity index (χ3v) is 4.59. The molecule has 114 valence electrons. The number of hydrogen-bond acceptors (Lipinski definition) is 3. The number of carboxylic acids is 1. The average molecular weight is 311 g/mol. The van der Waals surface area contributed by atoms with Crippen molar-refractivity contribution >= 4 is 29.2 Å². The van der Waals surface area contributed by atoms with Gasteiger partial charge < -0.3 is 16.2 Å². The molecule has 4 N–H and O–H groups in total. The van der Waals surface area contributed by atoms with Gasteiger partial charge in [0.05, 0.1) is 16.1 Å². The fourth-order valence-corrected chi connectivity index (χ4v) is 2.91. The molecule has 1 aromatic rings. The number of halogens is 1. The van der Waals surface area contributed by atoms with E-state index in [0.717, 1.165) is 12.8 Å². The van der Waals surface area contributed by atoms with Gasteiger partial charge in [-0.1, -0.05) is 24.4 Å². The molecule has 2 rings (SSSR count). The molecule has 0 spiro atoms. The molecule has 2 atom stereocenters. The van der Waals surface area contributed by atoms with Gasteiger partial charge in [0.1, 0.15) is 0 Å². The lowest BCUT2D eigenvalue weighted by Gasteiger charge is -2.38. The zero-order chi connectivity index (χ0) is 15.6. The third-order valence-electron chi connectivity index (χ3n) is 4.26. The highest BCUT2D eigenvalue weighted by Crippen LogP contribution is 2.36. The van der Waals surface area contributed by atoms with Crippen LogP contribution in [0.15, 0.2) is 18.2 Å². The average Bonchev–Trinajstić information content (AvgIpc) is 2.44. The van der Waals surface area contributed by atoms with Crippen molar-refractivity contribution in [2.24, 2.45) is 5.41 Å². The fourth-order valence-electron chi connectivity index (χ4n) is 2.73. The summed E-state index contributed by atoms with van der Waals surface area (Å²) in [6.45, 7) is 1.69. The van der Waals surface area contributed by atoms with E-state index < -0.39 is 11.4 Å². The molecule has 1 aliphatic carbocycles. The van der Waals surface area contributed by atoms with Crippen LogP contribution in [0.3, 0.4) is 0 Å². The Morgan fingerprint density at radius 2 is 2.14 bits per heavy atom. The first-order valence-electron chi connectivity index (χ1n) is 6.94. The van der Waals surface area contributed by atoms with Gasteiger partial charge in [0.15, 0.2) is 0 Å². The molecule has 0 aliphatic heterocycles. The molecule has 0 aromatic heterocycles. The van der Waals surface area contributed by atoms with Gasteiger partial charge in [-0.2, -0.15) is 0 Å². The minimum Gasteiger partial charge on any atom is -0.481 e. The van der Waals surface area contributed by atoms with Crippen molar-refractivity contribution in [3.63, 3.8) is 0 Å². The summed E-state index contributed by atoms with van der Waals surface area (Å²) >= 11 is 5.91. The molecular formula is C15H19ClN2O3. The van der Waals surface area contributed by atoms with Crippen molar-refractivity contribution in [1.29, 1.82) is 0 Å². The highest BCUT2D eigenvalue weighted by atomic mass is 35.5. The van der Waals surface area contributed by atoms with Crippen LogP contribution in [0.4, 0.5) is 5.69 Å². The van der Waals surface area contributed by atoms with Gasteiger partial charge in [0.25, 0.3) is 5.91 Å². The van der Waals surface area contributed by atoms with Crippen molar-refractivity contribution in [3.05, 3.63) is 28.8 Å². The van der Waals surface area contributed by atoms with Crippen LogP contribution in [0.25, 0.3) is 0 Å². The van der Waals surface area contributed by atoms with Gasteiger partial charge in [-0.25, -0.2) is 0 Å². The fraction of sp³-hybridized carbons (Fsp3) is 0.467. The predicted octanol–water partition coefficient (Wildman–Crippen LogP) is 2.69. The minimum atomic E-state index is -0.925. The van der Waals surface area contributed by atoms with Crippen molar-refractivity contribution < 1.29 is 14.7 Å². The van der Waals surface area contributed by atoms with Crippen LogP contribution in [0.2, 0.25) is 5.02 Å². The van der Waals surface area contributed by atoms with Crippen LogP contribution in [-0.4, -0.2) is 23.0 Å². The maximum Gasteiger partial charge on any atom is 0.311 e. The molecule has 0 bridgehead atoms. The molecular weight excluding hydrogens is 292 g/mol. The van der Waals surface area contributed by atoms with E-state index in [2.05, 4.69) is 5.32 Å². The van der Waals surface area contributed by atoms with Crippen LogP contribution >= 0.6 is 11.6 Å². The Labute approximate surface area is 128 Å². The Kier molecular flexibility index (Phi) is 4.42. The minimum absolute atomic E-state index is 0.312. The van der Waals surface area contributed by atoms with E-state index in [9.17, 15) is 14.7 Å². The number of hydrogen-bond donors (Lipinski definition) is 3. The second-order valence-corrected chi connectivity index (χ2v) is 6.14. The number of benzene rings is 1. The van der Waals surface area contributed by atoms with E-state index in [1.54, 1.807) is 19.1 Å². The van der Waals surface area contributed by atoms with Crippen molar-refractivity contribution in [3.8, 4) is 0 Å². The molecule has 0 heterocycles. The second-order valence-electron chi connectivity index (χ2n) is 5.73. The molecule has 6 heteroatoms. The van der Waals surface area contributed by atoms with Gasteiger partial charge in [-0.3, -0.25) is 9.59 Å². The van der Waals surface area contributed by atoms with Crippen molar-refractivity contribution in [2.45, 2.75) is 38.6 Å². The summed E-state index contributed by atoms with van der Waals surface area (Å²) in [6.07, 6.45) is 3.01. The molecule has 21 heavy (non-hydrogen) atoms. The summed E-state index contributed by atoms with van der Waals surface area (Å²) in [5.74, 6) is -1.20. The van der Waals surface area contributed by atoms with Crippen LogP contribution < -0.4 is 11.1 Å². The Hall–Kier alpha value is -1.75. The lowest BCUT2D eigenvalue weighted by Crippen LogP contribution is -2.52. The van der Waals surface area contributed by atoms with Crippen molar-refractivity contribution in [2.75, 3.05) is 5.73 Å². The van der Waals surface area contributed by atoms with E-state index in [-0.39, 0.29) is 11.9 Å². The topological polar surface area (TPSA) is 92.4 Å². The molecule has 1 aromatic carbocycles. The van der Waals surface area contributed by atoms with E-state index in [0.29, 0.717) is 29.1 Å². The first kappa shape index (κ1) is 15.6. The number of carbonyl (C=O) groups is 2. The van der Waals surface area contributed by atoms with Crippen LogP contribution in [0.1, 0.15) is 43.0 Å². The molecule has 0 saturated heterocycles. The smallest absolute Gasteiger partial charge is 0.311 e. The van der Waals surface area contributed by atoms with Gasteiger partial charge in [0.2, 0.25) is 0 Å². The van der Waals surface area contributed by atoms with E-state index in [4.69, 9.17) is 17.3 Å². The number of anilines is 1. The molecule has 1 amide bonds. The molecule has 5 nitrogen and oxygen atoms in total.